The second-order valence-corrected chi connectivity index (χ2v) is 7.37. The second kappa shape index (κ2) is 7.01. The lowest BCUT2D eigenvalue weighted by molar-refractivity contribution is 0.236. The molecular weight excluding hydrogens is 346 g/mol. The molecule has 0 fully saturated rings. The molecule has 0 aliphatic heterocycles. The fourth-order valence-electron chi connectivity index (χ4n) is 3.04. The van der Waals surface area contributed by atoms with E-state index < -0.39 is 0 Å². The number of fused-ring (bicyclic) bond motifs is 1. The Bertz CT molecular complexity index is 1020. The Morgan fingerprint density at radius 1 is 1.15 bits per heavy atom. The summed E-state index contributed by atoms with van der Waals surface area (Å²) in [7, 11) is 0. The highest BCUT2D eigenvalue weighted by Gasteiger charge is 2.15. The van der Waals surface area contributed by atoms with Gasteiger partial charge in [0.2, 0.25) is 0 Å². The van der Waals surface area contributed by atoms with Crippen molar-refractivity contribution >= 4 is 17.0 Å². The van der Waals surface area contributed by atoms with E-state index in [0.29, 0.717) is 6.42 Å². The Morgan fingerprint density at radius 3 is 2.77 bits per heavy atom. The zero-order chi connectivity index (χ0) is 18.1. The van der Waals surface area contributed by atoms with Gasteiger partial charge in [-0.1, -0.05) is 12.1 Å². The first-order chi connectivity index (χ1) is 12.7. The lowest BCUT2D eigenvalue weighted by Gasteiger charge is -2.12. The predicted octanol–water partition coefficient (Wildman–Crippen LogP) is 3.30. The standard InChI is InChI=1S/C19H21N5OS/c1-13-5-3-7-19-21-17(22-24(13)19)8-9-18-20-15(16-6-4-10-26-16)11-23(18)14(2)12-25/h3-7,10-11,14,25H,8-9,12H2,1-2H3/t14-/m0/s1. The lowest BCUT2D eigenvalue weighted by atomic mass is 10.2. The molecule has 0 radical (unpaired) electrons. The molecule has 0 aliphatic rings. The summed E-state index contributed by atoms with van der Waals surface area (Å²) in [5.41, 5.74) is 2.89. The summed E-state index contributed by atoms with van der Waals surface area (Å²) in [6, 6.07) is 10.1. The van der Waals surface area contributed by atoms with Crippen molar-refractivity contribution in [1.82, 2.24) is 24.1 Å². The third-order valence-corrected chi connectivity index (χ3v) is 5.38. The topological polar surface area (TPSA) is 68.2 Å². The molecule has 1 atom stereocenters. The molecule has 0 unspecified atom stereocenters. The number of nitrogens with zero attached hydrogens (tertiary/aromatic N) is 5. The Kier molecular flexibility index (Phi) is 4.57. The van der Waals surface area contributed by atoms with Gasteiger partial charge in [0.15, 0.2) is 11.5 Å². The summed E-state index contributed by atoms with van der Waals surface area (Å²) in [6.07, 6.45) is 3.47. The van der Waals surface area contributed by atoms with Crippen LogP contribution in [0, 0.1) is 6.92 Å². The van der Waals surface area contributed by atoms with Gasteiger partial charge in [-0.3, -0.25) is 0 Å². The highest BCUT2D eigenvalue weighted by atomic mass is 32.1. The van der Waals surface area contributed by atoms with Crippen LogP contribution in [-0.4, -0.2) is 35.9 Å². The average Bonchev–Trinajstić information content (AvgIpc) is 3.37. The van der Waals surface area contributed by atoms with Crippen molar-refractivity contribution in [2.24, 2.45) is 0 Å². The Balaban J connectivity index is 1.61. The maximum absolute atomic E-state index is 9.59. The summed E-state index contributed by atoms with van der Waals surface area (Å²) in [4.78, 5) is 10.6. The molecular formula is C19H21N5OS. The minimum atomic E-state index is -0.0116. The van der Waals surface area contributed by atoms with E-state index in [1.165, 1.54) is 0 Å². The Morgan fingerprint density at radius 2 is 2.04 bits per heavy atom. The molecule has 26 heavy (non-hydrogen) atoms. The summed E-state index contributed by atoms with van der Waals surface area (Å²) >= 11 is 1.67. The van der Waals surface area contributed by atoms with Gasteiger partial charge in [-0.2, -0.15) is 5.10 Å². The quantitative estimate of drug-likeness (QED) is 0.568. The molecule has 6 nitrogen and oxygen atoms in total. The van der Waals surface area contributed by atoms with Crippen LogP contribution in [0.4, 0.5) is 0 Å². The van der Waals surface area contributed by atoms with Gasteiger partial charge in [0, 0.05) is 24.7 Å². The van der Waals surface area contributed by atoms with E-state index in [4.69, 9.17) is 4.98 Å². The van der Waals surface area contributed by atoms with Crippen molar-refractivity contribution in [2.75, 3.05) is 6.61 Å². The van der Waals surface area contributed by atoms with Gasteiger partial charge >= 0.3 is 0 Å². The number of hydrogen-bond acceptors (Lipinski definition) is 5. The van der Waals surface area contributed by atoms with Crippen molar-refractivity contribution < 1.29 is 5.11 Å². The van der Waals surface area contributed by atoms with E-state index >= 15 is 0 Å². The summed E-state index contributed by atoms with van der Waals surface area (Å²) in [5.74, 6) is 1.76. The molecule has 4 aromatic heterocycles. The van der Waals surface area contributed by atoms with E-state index in [1.807, 2.05) is 54.2 Å². The van der Waals surface area contributed by atoms with Crippen molar-refractivity contribution in [3.63, 3.8) is 0 Å². The smallest absolute Gasteiger partial charge is 0.155 e. The van der Waals surface area contributed by atoms with Crippen LogP contribution in [0.15, 0.2) is 41.9 Å². The molecule has 1 N–H and O–H groups in total. The van der Waals surface area contributed by atoms with E-state index in [2.05, 4.69) is 20.7 Å². The molecule has 0 bridgehead atoms. The average molecular weight is 367 g/mol. The molecule has 0 amide bonds. The van der Waals surface area contributed by atoms with E-state index in [1.54, 1.807) is 11.3 Å². The van der Waals surface area contributed by atoms with Gasteiger partial charge in [0.05, 0.1) is 23.2 Å². The first kappa shape index (κ1) is 16.9. The monoisotopic (exact) mass is 367 g/mol. The molecule has 0 saturated heterocycles. The van der Waals surface area contributed by atoms with Gasteiger partial charge in [-0.25, -0.2) is 14.5 Å². The first-order valence-electron chi connectivity index (χ1n) is 8.69. The minimum Gasteiger partial charge on any atom is -0.394 e. The van der Waals surface area contributed by atoms with Gasteiger partial charge in [0.1, 0.15) is 5.82 Å². The van der Waals surface area contributed by atoms with Crippen molar-refractivity contribution in [2.45, 2.75) is 32.7 Å². The fraction of sp³-hybridized carbons (Fsp3) is 0.316. The van der Waals surface area contributed by atoms with Crippen LogP contribution >= 0.6 is 11.3 Å². The Labute approximate surface area is 155 Å². The molecule has 0 aromatic carbocycles. The molecule has 7 heteroatoms. The highest BCUT2D eigenvalue weighted by Crippen LogP contribution is 2.26. The third-order valence-electron chi connectivity index (χ3n) is 4.49. The maximum atomic E-state index is 9.59. The molecule has 0 spiro atoms. The zero-order valence-corrected chi connectivity index (χ0v) is 15.6. The Hall–Kier alpha value is -2.51. The summed E-state index contributed by atoms with van der Waals surface area (Å²) in [6.45, 7) is 4.10. The SMILES string of the molecule is Cc1cccc2nc(CCc3nc(-c4cccs4)cn3[C@@H](C)CO)nn12. The van der Waals surface area contributed by atoms with Crippen molar-refractivity contribution in [1.29, 1.82) is 0 Å². The van der Waals surface area contributed by atoms with Crippen LogP contribution < -0.4 is 0 Å². The van der Waals surface area contributed by atoms with Gasteiger partial charge in [0.25, 0.3) is 0 Å². The first-order valence-corrected chi connectivity index (χ1v) is 9.57. The second-order valence-electron chi connectivity index (χ2n) is 6.42. The largest absolute Gasteiger partial charge is 0.394 e. The number of rotatable bonds is 6. The van der Waals surface area contributed by atoms with Crippen LogP contribution in [0.1, 0.15) is 30.3 Å². The van der Waals surface area contributed by atoms with Gasteiger partial charge < -0.3 is 9.67 Å². The number of aryl methyl sites for hydroxylation is 3. The number of hydrogen-bond donors (Lipinski definition) is 1. The fourth-order valence-corrected chi connectivity index (χ4v) is 3.72. The number of aliphatic hydroxyl groups excluding tert-OH is 1. The van der Waals surface area contributed by atoms with E-state index in [0.717, 1.165) is 40.0 Å². The number of imidazole rings is 1. The molecule has 4 aromatic rings. The third kappa shape index (κ3) is 3.15. The van der Waals surface area contributed by atoms with Crippen LogP contribution in [0.5, 0.6) is 0 Å². The van der Waals surface area contributed by atoms with Crippen LogP contribution in [0.2, 0.25) is 0 Å². The van der Waals surface area contributed by atoms with E-state index in [9.17, 15) is 5.11 Å². The molecule has 4 heterocycles. The minimum absolute atomic E-state index is 0.0116. The van der Waals surface area contributed by atoms with Crippen LogP contribution in [-0.2, 0) is 12.8 Å². The summed E-state index contributed by atoms with van der Waals surface area (Å²) < 4.78 is 3.94. The van der Waals surface area contributed by atoms with Gasteiger partial charge in [-0.15, -0.1) is 11.3 Å². The molecule has 0 saturated carbocycles. The number of pyridine rings is 1. The molecule has 134 valence electrons. The van der Waals surface area contributed by atoms with E-state index in [-0.39, 0.29) is 12.6 Å². The summed E-state index contributed by atoms with van der Waals surface area (Å²) in [5, 5.41) is 16.2. The van der Waals surface area contributed by atoms with Crippen molar-refractivity contribution in [3.8, 4) is 10.6 Å². The normalized spacial score (nSPS) is 12.7. The number of thiophene rings is 1. The maximum Gasteiger partial charge on any atom is 0.155 e. The van der Waals surface area contributed by atoms with Crippen molar-refractivity contribution in [3.05, 3.63) is 59.3 Å². The zero-order valence-electron chi connectivity index (χ0n) is 14.8. The predicted molar refractivity (Wildman–Crippen MR) is 102 cm³/mol. The molecule has 4 rings (SSSR count). The van der Waals surface area contributed by atoms with Crippen LogP contribution in [0.3, 0.4) is 0 Å². The van der Waals surface area contributed by atoms with Crippen LogP contribution in [0.25, 0.3) is 16.2 Å². The van der Waals surface area contributed by atoms with Gasteiger partial charge in [-0.05, 0) is 37.4 Å². The molecule has 0 aliphatic carbocycles. The highest BCUT2D eigenvalue weighted by molar-refractivity contribution is 7.13. The number of aromatic nitrogens is 5. The number of aliphatic hydroxyl groups is 1. The lowest BCUT2D eigenvalue weighted by Crippen LogP contribution is -2.13.